The molecule has 11 heteroatoms. The standard InChI is InChI=1S/C22H18FN5O4S/c1-13-3-4-15(11-18(13)23)20-12-19(27-32-20)21(29)26-16-5-7-17(8-6-16)33(30,31)28-22-24-10-9-14(2)25-22/h3-12H,1-2H3,(H,26,29)(H,24,25,28). The van der Waals surface area contributed by atoms with Crippen molar-refractivity contribution in [2.24, 2.45) is 0 Å². The predicted octanol–water partition coefficient (Wildman–Crippen LogP) is 3.94. The molecular formula is C22H18FN5O4S. The van der Waals surface area contributed by atoms with E-state index in [0.29, 0.717) is 22.5 Å². The van der Waals surface area contributed by atoms with Gasteiger partial charge in [0, 0.05) is 29.2 Å². The van der Waals surface area contributed by atoms with E-state index in [0.717, 1.165) is 0 Å². The number of hydrogen-bond donors (Lipinski definition) is 2. The number of benzene rings is 2. The summed E-state index contributed by atoms with van der Waals surface area (Å²) in [6.07, 6.45) is 1.45. The second-order valence-corrected chi connectivity index (χ2v) is 8.83. The second-order valence-electron chi connectivity index (χ2n) is 7.15. The van der Waals surface area contributed by atoms with Gasteiger partial charge in [-0.05, 0) is 55.8 Å². The van der Waals surface area contributed by atoms with E-state index >= 15 is 0 Å². The van der Waals surface area contributed by atoms with E-state index in [1.807, 2.05) is 0 Å². The molecule has 2 N–H and O–H groups in total. The molecule has 33 heavy (non-hydrogen) atoms. The minimum atomic E-state index is -3.91. The van der Waals surface area contributed by atoms with Gasteiger partial charge in [0.1, 0.15) is 5.82 Å². The summed E-state index contributed by atoms with van der Waals surface area (Å²) < 4.78 is 46.3. The van der Waals surface area contributed by atoms with Gasteiger partial charge >= 0.3 is 0 Å². The fourth-order valence-corrected chi connectivity index (χ4v) is 3.81. The van der Waals surface area contributed by atoms with E-state index in [4.69, 9.17) is 4.52 Å². The summed E-state index contributed by atoms with van der Waals surface area (Å²) in [7, 11) is -3.91. The van der Waals surface area contributed by atoms with Gasteiger partial charge in [-0.1, -0.05) is 17.3 Å². The average Bonchev–Trinajstić information content (AvgIpc) is 3.26. The first-order valence-corrected chi connectivity index (χ1v) is 11.2. The lowest BCUT2D eigenvalue weighted by Gasteiger charge is -2.08. The molecule has 2 aromatic carbocycles. The van der Waals surface area contributed by atoms with Crippen molar-refractivity contribution in [2.75, 3.05) is 10.0 Å². The van der Waals surface area contributed by atoms with Crippen LogP contribution in [0.3, 0.4) is 0 Å². The molecule has 0 aliphatic carbocycles. The molecule has 0 fully saturated rings. The number of halogens is 1. The highest BCUT2D eigenvalue weighted by Gasteiger charge is 2.18. The number of anilines is 2. The topological polar surface area (TPSA) is 127 Å². The summed E-state index contributed by atoms with van der Waals surface area (Å²) in [6, 6.07) is 13.1. The van der Waals surface area contributed by atoms with Crippen LogP contribution in [-0.4, -0.2) is 29.4 Å². The number of aryl methyl sites for hydroxylation is 2. The van der Waals surface area contributed by atoms with Crippen molar-refractivity contribution in [3.63, 3.8) is 0 Å². The molecule has 0 atom stereocenters. The molecule has 2 aromatic heterocycles. The minimum absolute atomic E-state index is 0.0130. The molecule has 0 radical (unpaired) electrons. The van der Waals surface area contributed by atoms with Crippen LogP contribution in [0.1, 0.15) is 21.7 Å². The molecule has 1 amide bonds. The summed E-state index contributed by atoms with van der Waals surface area (Å²) >= 11 is 0. The van der Waals surface area contributed by atoms with Crippen LogP contribution in [0.4, 0.5) is 16.0 Å². The maximum absolute atomic E-state index is 13.8. The van der Waals surface area contributed by atoms with Gasteiger partial charge in [0.15, 0.2) is 11.5 Å². The van der Waals surface area contributed by atoms with Crippen molar-refractivity contribution in [2.45, 2.75) is 18.7 Å². The molecule has 4 rings (SSSR count). The first kappa shape index (κ1) is 22.1. The van der Waals surface area contributed by atoms with Crippen LogP contribution < -0.4 is 10.0 Å². The van der Waals surface area contributed by atoms with Crippen LogP contribution in [0.5, 0.6) is 0 Å². The van der Waals surface area contributed by atoms with Gasteiger partial charge in [-0.25, -0.2) is 27.5 Å². The third-order valence-corrected chi connectivity index (χ3v) is 5.99. The number of nitrogens with zero attached hydrogens (tertiary/aromatic N) is 3. The van der Waals surface area contributed by atoms with Crippen molar-refractivity contribution in [3.8, 4) is 11.3 Å². The van der Waals surface area contributed by atoms with Gasteiger partial charge in [-0.15, -0.1) is 0 Å². The van der Waals surface area contributed by atoms with E-state index in [1.54, 1.807) is 32.0 Å². The van der Waals surface area contributed by atoms with E-state index < -0.39 is 21.7 Å². The zero-order valence-corrected chi connectivity index (χ0v) is 18.4. The van der Waals surface area contributed by atoms with Gasteiger partial charge in [-0.3, -0.25) is 4.79 Å². The van der Waals surface area contributed by atoms with Gasteiger partial charge in [-0.2, -0.15) is 0 Å². The van der Waals surface area contributed by atoms with E-state index in [1.165, 1.54) is 42.6 Å². The zero-order chi connectivity index (χ0) is 23.6. The highest BCUT2D eigenvalue weighted by molar-refractivity contribution is 7.92. The number of hydrogen-bond acceptors (Lipinski definition) is 7. The summed E-state index contributed by atoms with van der Waals surface area (Å²) in [6.45, 7) is 3.36. The quantitative estimate of drug-likeness (QED) is 0.440. The van der Waals surface area contributed by atoms with Crippen LogP contribution >= 0.6 is 0 Å². The molecule has 0 bridgehead atoms. The molecule has 9 nitrogen and oxygen atoms in total. The van der Waals surface area contributed by atoms with Gasteiger partial charge < -0.3 is 9.84 Å². The number of aromatic nitrogens is 3. The van der Waals surface area contributed by atoms with Crippen molar-refractivity contribution >= 4 is 27.6 Å². The Morgan fingerprint density at radius 1 is 1.03 bits per heavy atom. The maximum atomic E-state index is 13.8. The van der Waals surface area contributed by atoms with Gasteiger partial charge in [0.25, 0.3) is 15.9 Å². The van der Waals surface area contributed by atoms with Crippen LogP contribution in [-0.2, 0) is 10.0 Å². The van der Waals surface area contributed by atoms with E-state index in [9.17, 15) is 17.6 Å². The summed E-state index contributed by atoms with van der Waals surface area (Å²) in [5, 5.41) is 6.33. The zero-order valence-electron chi connectivity index (χ0n) is 17.5. The van der Waals surface area contributed by atoms with Crippen LogP contribution in [0.15, 0.2) is 70.2 Å². The van der Waals surface area contributed by atoms with Crippen molar-refractivity contribution in [3.05, 3.63) is 83.6 Å². The lowest BCUT2D eigenvalue weighted by Crippen LogP contribution is -2.16. The molecule has 0 saturated heterocycles. The SMILES string of the molecule is Cc1ccnc(NS(=O)(=O)c2ccc(NC(=O)c3cc(-c4ccc(C)c(F)c4)on3)cc2)n1. The number of rotatable bonds is 6. The molecule has 0 saturated carbocycles. The summed E-state index contributed by atoms with van der Waals surface area (Å²) in [5.74, 6) is -0.763. The smallest absolute Gasteiger partial charge is 0.277 e. The Balaban J connectivity index is 1.45. The highest BCUT2D eigenvalue weighted by atomic mass is 32.2. The minimum Gasteiger partial charge on any atom is -0.355 e. The fourth-order valence-electron chi connectivity index (χ4n) is 2.85. The third kappa shape index (κ3) is 5.04. The summed E-state index contributed by atoms with van der Waals surface area (Å²) in [4.78, 5) is 20.3. The second kappa shape index (κ2) is 8.79. The maximum Gasteiger partial charge on any atom is 0.277 e. The Labute approximate surface area is 188 Å². The monoisotopic (exact) mass is 467 g/mol. The number of nitrogens with one attached hydrogen (secondary N) is 2. The average molecular weight is 467 g/mol. The van der Waals surface area contributed by atoms with E-state index in [-0.39, 0.29) is 22.3 Å². The predicted molar refractivity (Wildman–Crippen MR) is 119 cm³/mol. The van der Waals surface area contributed by atoms with Crippen LogP contribution in [0.2, 0.25) is 0 Å². The van der Waals surface area contributed by atoms with E-state index in [2.05, 4.69) is 25.2 Å². The molecule has 0 aliphatic rings. The van der Waals surface area contributed by atoms with Gasteiger partial charge in [0.2, 0.25) is 5.95 Å². The van der Waals surface area contributed by atoms with Crippen LogP contribution in [0.25, 0.3) is 11.3 Å². The Morgan fingerprint density at radius 2 is 1.79 bits per heavy atom. The normalized spacial score (nSPS) is 11.2. The molecular weight excluding hydrogens is 449 g/mol. The first-order chi connectivity index (χ1) is 15.7. The third-order valence-electron chi connectivity index (χ3n) is 4.64. The largest absolute Gasteiger partial charge is 0.355 e. The molecule has 4 aromatic rings. The molecule has 0 aliphatic heterocycles. The van der Waals surface area contributed by atoms with Crippen LogP contribution in [0, 0.1) is 19.7 Å². The van der Waals surface area contributed by atoms with Crippen molar-refractivity contribution in [1.29, 1.82) is 0 Å². The molecule has 0 unspecified atom stereocenters. The molecule has 0 spiro atoms. The number of carbonyl (C=O) groups excluding carboxylic acids is 1. The Morgan fingerprint density at radius 3 is 2.48 bits per heavy atom. The Hall–Kier alpha value is -4.12. The fraction of sp³-hybridized carbons (Fsp3) is 0.0909. The first-order valence-electron chi connectivity index (χ1n) is 9.68. The lowest BCUT2D eigenvalue weighted by molar-refractivity contribution is 0.101. The van der Waals surface area contributed by atoms with Gasteiger partial charge in [0.05, 0.1) is 4.90 Å². The number of carbonyl (C=O) groups is 1. The molecule has 2 heterocycles. The van der Waals surface area contributed by atoms with Crippen molar-refractivity contribution in [1.82, 2.24) is 15.1 Å². The highest BCUT2D eigenvalue weighted by Crippen LogP contribution is 2.23. The summed E-state index contributed by atoms with van der Waals surface area (Å²) in [5.41, 5.74) is 1.88. The Bertz CT molecular complexity index is 1440. The lowest BCUT2D eigenvalue weighted by atomic mass is 10.1. The number of sulfonamides is 1. The number of amides is 1. The molecule has 168 valence electrons. The van der Waals surface area contributed by atoms with Crippen molar-refractivity contribution < 1.29 is 22.1 Å². The Kier molecular flexibility index (Phi) is 5.88.